The third kappa shape index (κ3) is 4.36. The molecule has 4 nitrogen and oxygen atoms in total. The molecule has 0 unspecified atom stereocenters. The number of nitriles is 1. The van der Waals surface area contributed by atoms with Crippen molar-refractivity contribution in [2.24, 2.45) is 0 Å². The van der Waals surface area contributed by atoms with Gasteiger partial charge in [0.25, 0.3) is 0 Å². The smallest absolute Gasteiger partial charge is 0.193 e. The summed E-state index contributed by atoms with van der Waals surface area (Å²) in [5, 5.41) is 21.4. The summed E-state index contributed by atoms with van der Waals surface area (Å²) in [7, 11) is 0. The molecule has 0 spiro atoms. The van der Waals surface area contributed by atoms with E-state index in [9.17, 15) is 5.26 Å². The third-order valence-electron chi connectivity index (χ3n) is 18.2. The maximum absolute atomic E-state index is 11.3. The standard InChI is InChI=1S/C68H46N4/c1-67(2,3)34-25-46-44-29-45-47-26-35(68(4,5)6)28-49-61-54(30-50(70-7)62-57-38-18-10-14-22-42(38)59(64(61)62)43-23-15-11-19-39(43)57)72(66(47)49)52(45)31-51(44)71-53-24-33(32-69)55-56-36-16-8-12-20-40(36)58(41-21-13-9-17-37(41)56)63(55)60(53)48(27-34)65(46)71/h8-31,56-59H,1-6H3. The predicted molar refractivity (Wildman–Crippen MR) is 294 cm³/mol. The average molecular weight is 919 g/mol. The summed E-state index contributed by atoms with van der Waals surface area (Å²) >= 11 is 0. The van der Waals surface area contributed by atoms with Gasteiger partial charge in [-0.25, -0.2) is 4.85 Å². The Morgan fingerprint density at radius 1 is 0.417 bits per heavy atom. The predicted octanol–water partition coefficient (Wildman–Crippen LogP) is 17.0. The fraction of sp³-hybridized carbons (Fsp3) is 0.176. The second kappa shape index (κ2) is 12.5. The molecule has 6 aliphatic rings. The van der Waals surface area contributed by atoms with Gasteiger partial charge in [-0.3, -0.25) is 0 Å². The van der Waals surface area contributed by atoms with Crippen LogP contribution in [0.5, 0.6) is 0 Å². The Morgan fingerprint density at radius 3 is 1.17 bits per heavy atom. The first kappa shape index (κ1) is 39.3. The number of fused-ring (bicyclic) bond motifs is 12. The summed E-state index contributed by atoms with van der Waals surface area (Å²) in [4.78, 5) is 4.44. The summed E-state index contributed by atoms with van der Waals surface area (Å²) in [5.74, 6) is 0.00975. The highest BCUT2D eigenvalue weighted by Gasteiger charge is 2.46. The highest BCUT2D eigenvalue weighted by molar-refractivity contribution is 6.30. The molecule has 9 aromatic carbocycles. The van der Waals surface area contributed by atoms with Gasteiger partial charge < -0.3 is 8.80 Å². The lowest BCUT2D eigenvalue weighted by Crippen LogP contribution is -2.28. The molecular weight excluding hydrogens is 873 g/mol. The molecule has 4 aromatic heterocycles. The zero-order valence-corrected chi connectivity index (χ0v) is 41.0. The van der Waals surface area contributed by atoms with Gasteiger partial charge in [0.15, 0.2) is 5.69 Å². The van der Waals surface area contributed by atoms with Crippen molar-refractivity contribution in [2.45, 2.75) is 76.0 Å². The van der Waals surface area contributed by atoms with Crippen molar-refractivity contribution >= 4 is 81.9 Å². The monoisotopic (exact) mass is 918 g/mol. The molecule has 0 saturated carbocycles. The third-order valence-corrected chi connectivity index (χ3v) is 18.2. The Labute approximate surface area is 416 Å². The second-order valence-corrected chi connectivity index (χ2v) is 23.6. The van der Waals surface area contributed by atoms with Crippen molar-refractivity contribution in [3.05, 3.63) is 240 Å². The lowest BCUT2D eigenvalue weighted by atomic mass is 9.59. The Balaban J connectivity index is 1.05. The van der Waals surface area contributed by atoms with Gasteiger partial charge >= 0.3 is 0 Å². The maximum atomic E-state index is 11.3. The molecule has 4 bridgehead atoms. The minimum atomic E-state index is -0.117. The normalized spacial score (nSPS) is 18.4. The van der Waals surface area contributed by atoms with Gasteiger partial charge in [0, 0.05) is 72.3 Å². The van der Waals surface area contributed by atoms with Crippen LogP contribution >= 0.6 is 0 Å². The summed E-state index contributed by atoms with van der Waals surface area (Å²) in [6.07, 6.45) is 0. The molecule has 0 atom stereocenters. The molecule has 0 saturated heterocycles. The molecule has 6 aliphatic carbocycles. The first-order valence-corrected chi connectivity index (χ1v) is 25.7. The fourth-order valence-corrected chi connectivity index (χ4v) is 15.3. The molecule has 4 heteroatoms. The van der Waals surface area contributed by atoms with Gasteiger partial charge in [0.1, 0.15) is 0 Å². The van der Waals surface area contributed by atoms with E-state index in [2.05, 4.69) is 207 Å². The van der Waals surface area contributed by atoms with Crippen molar-refractivity contribution in [3.63, 3.8) is 0 Å². The average Bonchev–Trinajstić information content (AvgIpc) is 4.13. The fourth-order valence-electron chi connectivity index (χ4n) is 15.3. The lowest BCUT2D eigenvalue weighted by Gasteiger charge is -2.43. The summed E-state index contributed by atoms with van der Waals surface area (Å²) < 4.78 is 5.05. The van der Waals surface area contributed by atoms with E-state index < -0.39 is 0 Å². The van der Waals surface area contributed by atoms with Gasteiger partial charge in [-0.15, -0.1) is 0 Å². The highest BCUT2D eigenvalue weighted by Crippen LogP contribution is 2.63. The zero-order valence-electron chi connectivity index (χ0n) is 41.0. The van der Waals surface area contributed by atoms with Gasteiger partial charge in [0.05, 0.1) is 45.8 Å². The Morgan fingerprint density at radius 2 is 0.778 bits per heavy atom. The number of aromatic nitrogens is 2. The van der Waals surface area contributed by atoms with Crippen molar-refractivity contribution in [2.75, 3.05) is 0 Å². The Bertz CT molecular complexity index is 4420. The van der Waals surface area contributed by atoms with Gasteiger partial charge in [-0.1, -0.05) is 139 Å². The molecule has 4 heterocycles. The molecule has 19 rings (SSSR count). The summed E-state index contributed by atoms with van der Waals surface area (Å²) in [6.45, 7) is 22.9. The van der Waals surface area contributed by atoms with E-state index in [0.29, 0.717) is 0 Å². The van der Waals surface area contributed by atoms with Gasteiger partial charge in [-0.05, 0) is 137 Å². The Kier molecular flexibility index (Phi) is 6.84. The van der Waals surface area contributed by atoms with Crippen LogP contribution in [0.2, 0.25) is 0 Å². The van der Waals surface area contributed by atoms with Crippen molar-refractivity contribution in [1.29, 1.82) is 5.26 Å². The van der Waals surface area contributed by atoms with Crippen molar-refractivity contribution in [1.82, 2.24) is 8.80 Å². The highest BCUT2D eigenvalue weighted by atomic mass is 14.9. The maximum Gasteiger partial charge on any atom is 0.193 e. The topological polar surface area (TPSA) is 37.0 Å². The van der Waals surface area contributed by atoms with Crippen molar-refractivity contribution in [3.8, 4) is 6.07 Å². The number of rotatable bonds is 0. The van der Waals surface area contributed by atoms with Crippen LogP contribution in [-0.2, 0) is 10.8 Å². The van der Waals surface area contributed by atoms with Crippen LogP contribution in [0.3, 0.4) is 0 Å². The number of nitrogens with zero attached hydrogens (tertiary/aromatic N) is 4. The van der Waals surface area contributed by atoms with Crippen LogP contribution in [0.25, 0.3) is 81.0 Å². The van der Waals surface area contributed by atoms with Crippen LogP contribution in [0.4, 0.5) is 5.69 Å². The molecule has 72 heavy (non-hydrogen) atoms. The number of benzene rings is 9. The van der Waals surface area contributed by atoms with E-state index in [1.807, 2.05) is 0 Å². The molecule has 13 aromatic rings. The molecule has 0 amide bonds. The van der Waals surface area contributed by atoms with E-state index in [1.54, 1.807) is 0 Å². The van der Waals surface area contributed by atoms with E-state index >= 15 is 0 Å². The van der Waals surface area contributed by atoms with Crippen LogP contribution < -0.4 is 0 Å². The van der Waals surface area contributed by atoms with E-state index in [0.717, 1.165) is 33.3 Å². The first-order valence-electron chi connectivity index (χ1n) is 25.7. The molecule has 0 N–H and O–H groups in total. The van der Waals surface area contributed by atoms with Crippen LogP contribution in [0, 0.1) is 17.9 Å². The van der Waals surface area contributed by atoms with Gasteiger partial charge in [-0.2, -0.15) is 5.26 Å². The van der Waals surface area contributed by atoms with Crippen LogP contribution in [0.15, 0.2) is 146 Å². The molecule has 338 valence electrons. The zero-order chi connectivity index (χ0) is 48.2. The minimum Gasteiger partial charge on any atom is -0.309 e. The van der Waals surface area contributed by atoms with Crippen LogP contribution in [0.1, 0.15) is 149 Å². The second-order valence-electron chi connectivity index (χ2n) is 23.6. The van der Waals surface area contributed by atoms with Crippen LogP contribution in [-0.4, -0.2) is 8.80 Å². The quantitative estimate of drug-likeness (QED) is 0.140. The number of hydrogen-bond donors (Lipinski definition) is 0. The summed E-state index contributed by atoms with van der Waals surface area (Å²) in [6, 6.07) is 58.0. The lowest BCUT2D eigenvalue weighted by molar-refractivity contribution is 0.591. The number of hydrogen-bond acceptors (Lipinski definition) is 1. The largest absolute Gasteiger partial charge is 0.309 e. The minimum absolute atomic E-state index is 0.00443. The van der Waals surface area contributed by atoms with Gasteiger partial charge in [0.2, 0.25) is 0 Å². The first-order chi connectivity index (χ1) is 34.9. The molecular formula is C68H46N4. The van der Waals surface area contributed by atoms with Crippen molar-refractivity contribution < 1.29 is 0 Å². The SMILES string of the molecule is [C-]#[N+]c1cc2c(c3c1C1c4ccccc4C3c3ccccc31)c1cc(C(C)(C)C)cc3c4cc5c6cc(C(C)(C)C)cc7c8c9c(c(C#N)cc8n(c5cc4n2c31)c67)C1c2ccccc2C9c2ccccc21. The summed E-state index contributed by atoms with van der Waals surface area (Å²) in [5.41, 5.74) is 26.5. The molecule has 0 fully saturated rings. The van der Waals surface area contributed by atoms with E-state index in [4.69, 9.17) is 6.57 Å². The Hall–Kier alpha value is -8.44. The molecule has 0 radical (unpaired) electrons. The van der Waals surface area contributed by atoms with E-state index in [-0.39, 0.29) is 34.5 Å². The molecule has 0 aliphatic heterocycles. The van der Waals surface area contributed by atoms with E-state index in [1.165, 1.54) is 132 Å².